The minimum Gasteiger partial charge on any atom is -0.340 e. The van der Waals surface area contributed by atoms with Crippen LogP contribution < -0.4 is 5.56 Å². The topological polar surface area (TPSA) is 94.7 Å². The minimum atomic E-state index is -0.302. The highest BCUT2D eigenvalue weighted by molar-refractivity contribution is 5.93. The molecule has 1 fully saturated rings. The Balaban J connectivity index is 1.53. The monoisotopic (exact) mass is 359 g/mol. The second kappa shape index (κ2) is 6.05. The molecule has 7 heteroatoms. The molecule has 1 aliphatic heterocycles. The summed E-state index contributed by atoms with van der Waals surface area (Å²) in [6, 6.07) is 14.7. The third kappa shape index (κ3) is 2.59. The van der Waals surface area contributed by atoms with Gasteiger partial charge in [-0.3, -0.25) is 9.59 Å². The van der Waals surface area contributed by atoms with Crippen molar-refractivity contribution in [2.24, 2.45) is 0 Å². The number of carbonyl (C=O) groups is 1. The van der Waals surface area contributed by atoms with Crippen LogP contribution in [0.1, 0.15) is 35.3 Å². The van der Waals surface area contributed by atoms with Gasteiger partial charge in [0.1, 0.15) is 5.82 Å². The van der Waals surface area contributed by atoms with E-state index in [1.165, 1.54) is 0 Å². The molecule has 1 amide bonds. The first-order chi connectivity index (χ1) is 13.2. The van der Waals surface area contributed by atoms with Crippen LogP contribution in [0.25, 0.3) is 21.9 Å². The van der Waals surface area contributed by atoms with E-state index in [1.807, 2.05) is 24.3 Å². The number of H-pyrrole nitrogens is 2. The van der Waals surface area contributed by atoms with Gasteiger partial charge in [-0.2, -0.15) is 0 Å². The molecule has 2 N–H and O–H groups in total. The SMILES string of the molecule is O=C(c1nc2ccccc2c(=O)[nH]1)N1CCC[C@H]1c1nc2ccccc2[nH]1. The molecule has 1 saturated heterocycles. The number of likely N-dealkylation sites (tertiary alicyclic amines) is 1. The van der Waals surface area contributed by atoms with Crippen LogP contribution in [-0.2, 0) is 0 Å². The molecule has 0 spiro atoms. The Morgan fingerprint density at radius 1 is 1.00 bits per heavy atom. The average molecular weight is 359 g/mol. The number of amides is 1. The van der Waals surface area contributed by atoms with Crippen molar-refractivity contribution in [2.45, 2.75) is 18.9 Å². The van der Waals surface area contributed by atoms with Crippen LogP contribution >= 0.6 is 0 Å². The fourth-order valence-corrected chi connectivity index (χ4v) is 3.75. The Labute approximate surface area is 154 Å². The van der Waals surface area contributed by atoms with Crippen molar-refractivity contribution in [1.82, 2.24) is 24.8 Å². The number of imidazole rings is 1. The zero-order chi connectivity index (χ0) is 18.4. The van der Waals surface area contributed by atoms with E-state index < -0.39 is 0 Å². The molecule has 1 atom stereocenters. The Morgan fingerprint density at radius 3 is 2.63 bits per heavy atom. The molecule has 0 saturated carbocycles. The third-order valence-corrected chi connectivity index (χ3v) is 5.05. The second-order valence-corrected chi connectivity index (χ2v) is 6.73. The van der Waals surface area contributed by atoms with E-state index >= 15 is 0 Å². The maximum atomic E-state index is 13.1. The van der Waals surface area contributed by atoms with E-state index in [2.05, 4.69) is 19.9 Å². The number of benzene rings is 2. The Hall–Kier alpha value is -3.48. The van der Waals surface area contributed by atoms with Crippen LogP contribution in [0.2, 0.25) is 0 Å². The van der Waals surface area contributed by atoms with Crippen LogP contribution in [-0.4, -0.2) is 37.3 Å². The number of para-hydroxylation sites is 3. The van der Waals surface area contributed by atoms with E-state index in [0.29, 0.717) is 17.4 Å². The van der Waals surface area contributed by atoms with E-state index in [-0.39, 0.29) is 23.3 Å². The Bertz CT molecular complexity index is 1190. The quantitative estimate of drug-likeness (QED) is 0.575. The lowest BCUT2D eigenvalue weighted by atomic mass is 10.2. The van der Waals surface area contributed by atoms with Gasteiger partial charge in [-0.25, -0.2) is 9.97 Å². The Morgan fingerprint density at radius 2 is 1.78 bits per heavy atom. The molecule has 27 heavy (non-hydrogen) atoms. The molecule has 0 bridgehead atoms. The van der Waals surface area contributed by atoms with Crippen molar-refractivity contribution in [3.63, 3.8) is 0 Å². The molecule has 0 radical (unpaired) electrons. The summed E-state index contributed by atoms with van der Waals surface area (Å²) >= 11 is 0. The predicted octanol–water partition coefficient (Wildman–Crippen LogP) is 2.78. The van der Waals surface area contributed by atoms with Gasteiger partial charge in [-0.1, -0.05) is 24.3 Å². The fraction of sp³-hybridized carbons (Fsp3) is 0.200. The number of nitrogens with one attached hydrogen (secondary N) is 2. The van der Waals surface area contributed by atoms with E-state index in [9.17, 15) is 9.59 Å². The van der Waals surface area contributed by atoms with Gasteiger partial charge < -0.3 is 14.9 Å². The van der Waals surface area contributed by atoms with Gasteiger partial charge in [0.2, 0.25) is 0 Å². The highest BCUT2D eigenvalue weighted by Gasteiger charge is 2.33. The highest BCUT2D eigenvalue weighted by Crippen LogP contribution is 2.32. The molecule has 0 unspecified atom stereocenters. The second-order valence-electron chi connectivity index (χ2n) is 6.73. The number of fused-ring (bicyclic) bond motifs is 2. The lowest BCUT2D eigenvalue weighted by molar-refractivity contribution is 0.0718. The normalized spacial score (nSPS) is 17.0. The van der Waals surface area contributed by atoms with Crippen molar-refractivity contribution in [2.75, 3.05) is 6.54 Å². The van der Waals surface area contributed by atoms with Crippen molar-refractivity contribution in [3.05, 3.63) is 70.5 Å². The first-order valence-corrected chi connectivity index (χ1v) is 8.95. The summed E-state index contributed by atoms with van der Waals surface area (Å²) in [5.41, 5.74) is 2.04. The zero-order valence-electron chi connectivity index (χ0n) is 14.5. The first kappa shape index (κ1) is 15.7. The zero-order valence-corrected chi connectivity index (χ0v) is 14.5. The molecule has 5 rings (SSSR count). The summed E-state index contributed by atoms with van der Waals surface area (Å²) in [4.78, 5) is 42.1. The van der Waals surface area contributed by atoms with E-state index in [4.69, 9.17) is 0 Å². The molecule has 4 aromatic rings. The predicted molar refractivity (Wildman–Crippen MR) is 101 cm³/mol. The molecule has 2 aromatic carbocycles. The van der Waals surface area contributed by atoms with Gasteiger partial charge in [-0.05, 0) is 37.1 Å². The van der Waals surface area contributed by atoms with Gasteiger partial charge in [0.25, 0.3) is 11.5 Å². The number of rotatable bonds is 2. The molecule has 0 aliphatic carbocycles. The molecule has 3 heterocycles. The van der Waals surface area contributed by atoms with Crippen molar-refractivity contribution >= 4 is 27.8 Å². The maximum absolute atomic E-state index is 13.1. The third-order valence-electron chi connectivity index (χ3n) is 5.05. The number of carbonyl (C=O) groups excluding carboxylic acids is 1. The smallest absolute Gasteiger partial charge is 0.290 e. The fourth-order valence-electron chi connectivity index (χ4n) is 3.75. The average Bonchev–Trinajstić information content (AvgIpc) is 3.34. The lowest BCUT2D eigenvalue weighted by Crippen LogP contribution is -2.33. The van der Waals surface area contributed by atoms with Crippen LogP contribution in [0.3, 0.4) is 0 Å². The Kier molecular flexibility index (Phi) is 3.53. The number of hydrogen-bond acceptors (Lipinski definition) is 4. The van der Waals surface area contributed by atoms with Gasteiger partial charge >= 0.3 is 0 Å². The standard InChI is InChI=1S/C20H17N5O2/c26-19-12-6-1-2-7-13(12)21-18(24-19)20(27)25-11-5-10-16(25)17-22-14-8-3-4-9-15(14)23-17/h1-4,6-9,16H,5,10-11H2,(H,22,23)(H,21,24,26)/t16-/m0/s1. The molecular formula is C20H17N5O2. The largest absolute Gasteiger partial charge is 0.340 e. The van der Waals surface area contributed by atoms with Gasteiger partial charge in [0.15, 0.2) is 5.82 Å². The van der Waals surface area contributed by atoms with Crippen LogP contribution in [0.5, 0.6) is 0 Å². The summed E-state index contributed by atoms with van der Waals surface area (Å²) in [7, 11) is 0. The van der Waals surface area contributed by atoms with Crippen molar-refractivity contribution < 1.29 is 4.79 Å². The van der Waals surface area contributed by atoms with E-state index in [1.54, 1.807) is 29.2 Å². The molecule has 2 aromatic heterocycles. The van der Waals surface area contributed by atoms with Crippen molar-refractivity contribution in [1.29, 1.82) is 0 Å². The number of aromatic nitrogens is 4. The van der Waals surface area contributed by atoms with Gasteiger partial charge in [0, 0.05) is 6.54 Å². The van der Waals surface area contributed by atoms with Gasteiger partial charge in [-0.15, -0.1) is 0 Å². The van der Waals surface area contributed by atoms with Crippen LogP contribution in [0.4, 0.5) is 0 Å². The summed E-state index contributed by atoms with van der Waals surface area (Å²) in [5, 5.41) is 0.476. The van der Waals surface area contributed by atoms with Crippen molar-refractivity contribution in [3.8, 4) is 0 Å². The maximum Gasteiger partial charge on any atom is 0.290 e. The number of hydrogen-bond donors (Lipinski definition) is 2. The lowest BCUT2D eigenvalue weighted by Gasteiger charge is -2.22. The van der Waals surface area contributed by atoms with Gasteiger partial charge in [0.05, 0.1) is 28.0 Å². The summed E-state index contributed by atoms with van der Waals surface area (Å²) in [5.74, 6) is 0.563. The van der Waals surface area contributed by atoms with Crippen LogP contribution in [0, 0.1) is 0 Å². The first-order valence-electron chi connectivity index (χ1n) is 8.95. The summed E-state index contributed by atoms with van der Waals surface area (Å²) < 4.78 is 0. The molecular weight excluding hydrogens is 342 g/mol. The summed E-state index contributed by atoms with van der Waals surface area (Å²) in [6.45, 7) is 0.608. The van der Waals surface area contributed by atoms with E-state index in [0.717, 1.165) is 29.7 Å². The number of nitrogens with zero attached hydrogens (tertiary/aromatic N) is 3. The minimum absolute atomic E-state index is 0.0710. The summed E-state index contributed by atoms with van der Waals surface area (Å²) in [6.07, 6.45) is 1.70. The van der Waals surface area contributed by atoms with Crippen LogP contribution in [0.15, 0.2) is 53.3 Å². The number of aromatic amines is 2. The molecule has 7 nitrogen and oxygen atoms in total. The molecule has 1 aliphatic rings. The molecule has 134 valence electrons. The highest BCUT2D eigenvalue weighted by atomic mass is 16.2.